The first-order valence-electron chi connectivity index (χ1n) is 10.7. The molecule has 0 radical (unpaired) electrons. The highest BCUT2D eigenvalue weighted by molar-refractivity contribution is 8.14. The lowest BCUT2D eigenvalue weighted by molar-refractivity contribution is -0.131. The molecule has 2 fully saturated rings. The minimum atomic E-state index is -0.0253. The maximum Gasteiger partial charge on any atom is 0.225 e. The number of carbonyl (C=O) groups is 2. The number of rotatable bonds is 5. The van der Waals surface area contributed by atoms with Crippen molar-refractivity contribution < 1.29 is 9.59 Å². The van der Waals surface area contributed by atoms with Crippen molar-refractivity contribution in [1.29, 1.82) is 0 Å². The van der Waals surface area contributed by atoms with Gasteiger partial charge in [0, 0.05) is 50.5 Å². The fourth-order valence-electron chi connectivity index (χ4n) is 4.21. The van der Waals surface area contributed by atoms with Crippen molar-refractivity contribution in [3.8, 4) is 0 Å². The van der Waals surface area contributed by atoms with E-state index >= 15 is 0 Å². The number of fused-ring (bicyclic) bond motifs is 1. The number of carbonyl (C=O) groups excluding carboxylic acids is 2. The summed E-state index contributed by atoms with van der Waals surface area (Å²) in [4.78, 5) is 37.8. The molecule has 0 aromatic carbocycles. The molecule has 2 unspecified atom stereocenters. The molecule has 1 aromatic rings. The Hall–Kier alpha value is -2.09. The fraction of sp³-hybridized carbons (Fsp3) is 0.619. The molecule has 3 aliphatic rings. The molecule has 7 nitrogen and oxygen atoms in total. The van der Waals surface area contributed by atoms with Crippen LogP contribution in [-0.4, -0.2) is 64.3 Å². The average molecular weight is 416 g/mol. The van der Waals surface area contributed by atoms with Crippen LogP contribution in [0, 0.1) is 0 Å². The van der Waals surface area contributed by atoms with Crippen molar-refractivity contribution in [2.75, 3.05) is 31.1 Å². The van der Waals surface area contributed by atoms with Gasteiger partial charge in [0.2, 0.25) is 11.8 Å². The van der Waals surface area contributed by atoms with Crippen LogP contribution in [0.3, 0.4) is 0 Å². The molecule has 8 heteroatoms. The van der Waals surface area contributed by atoms with E-state index in [9.17, 15) is 9.59 Å². The smallest absolute Gasteiger partial charge is 0.225 e. The van der Waals surface area contributed by atoms with E-state index in [4.69, 9.17) is 0 Å². The van der Waals surface area contributed by atoms with E-state index in [0.29, 0.717) is 43.6 Å². The molecule has 1 aliphatic carbocycles. The summed E-state index contributed by atoms with van der Waals surface area (Å²) in [6.45, 7) is 3.00. The van der Waals surface area contributed by atoms with Gasteiger partial charge in [-0.1, -0.05) is 30.7 Å². The Morgan fingerprint density at radius 1 is 1.10 bits per heavy atom. The van der Waals surface area contributed by atoms with Crippen molar-refractivity contribution >= 4 is 34.6 Å². The van der Waals surface area contributed by atoms with Crippen LogP contribution in [0.15, 0.2) is 29.4 Å². The lowest BCUT2D eigenvalue weighted by Gasteiger charge is -2.35. The SMILES string of the molecule is O=C(CCCC(=O)N1CCN(c2ccccn2)CC1)NC1=NC2CCCCC2S1. The van der Waals surface area contributed by atoms with Gasteiger partial charge in [-0.3, -0.25) is 14.6 Å². The standard InChI is InChI=1S/C21H29N5O2S/c27-19(24-21-23-16-6-1-2-7-17(16)29-21)9-5-10-20(28)26-14-12-25(13-15-26)18-8-3-4-11-22-18/h3-4,8,11,16-17H,1-2,5-7,9-10,12-15H2,(H,23,24,27). The second-order valence-electron chi connectivity index (χ2n) is 7.90. The van der Waals surface area contributed by atoms with Gasteiger partial charge in [-0.05, 0) is 31.4 Å². The van der Waals surface area contributed by atoms with E-state index in [1.807, 2.05) is 23.1 Å². The second kappa shape index (κ2) is 9.61. The molecule has 1 N–H and O–H groups in total. The molecule has 3 heterocycles. The Bertz CT molecular complexity index is 749. The van der Waals surface area contributed by atoms with Crippen LogP contribution in [0.5, 0.6) is 0 Å². The van der Waals surface area contributed by atoms with Gasteiger partial charge in [0.1, 0.15) is 5.82 Å². The van der Waals surface area contributed by atoms with Crippen LogP contribution in [0.4, 0.5) is 5.82 Å². The third kappa shape index (κ3) is 5.29. The van der Waals surface area contributed by atoms with Crippen LogP contribution >= 0.6 is 11.8 Å². The first-order chi connectivity index (χ1) is 14.2. The van der Waals surface area contributed by atoms with E-state index in [0.717, 1.165) is 30.5 Å². The minimum Gasteiger partial charge on any atom is -0.353 e. The zero-order chi connectivity index (χ0) is 20.1. The van der Waals surface area contributed by atoms with E-state index in [2.05, 4.69) is 20.2 Å². The molecular formula is C21H29N5O2S. The quantitative estimate of drug-likeness (QED) is 0.799. The highest BCUT2D eigenvalue weighted by Gasteiger charge is 2.32. The number of amidine groups is 1. The van der Waals surface area contributed by atoms with E-state index in [1.54, 1.807) is 18.0 Å². The zero-order valence-electron chi connectivity index (χ0n) is 16.8. The maximum atomic E-state index is 12.5. The van der Waals surface area contributed by atoms with Gasteiger partial charge in [-0.2, -0.15) is 0 Å². The van der Waals surface area contributed by atoms with E-state index < -0.39 is 0 Å². The van der Waals surface area contributed by atoms with Crippen molar-refractivity contribution in [2.45, 2.75) is 56.2 Å². The Kier molecular flexibility index (Phi) is 6.69. The Morgan fingerprint density at radius 3 is 2.69 bits per heavy atom. The predicted octanol–water partition coefficient (Wildman–Crippen LogP) is 2.43. The van der Waals surface area contributed by atoms with Gasteiger partial charge in [0.05, 0.1) is 6.04 Å². The molecule has 1 aromatic heterocycles. The van der Waals surface area contributed by atoms with Crippen molar-refractivity contribution in [2.24, 2.45) is 4.99 Å². The number of piperazine rings is 1. The van der Waals surface area contributed by atoms with Gasteiger partial charge in [0.15, 0.2) is 5.17 Å². The molecule has 4 rings (SSSR count). The lowest BCUT2D eigenvalue weighted by atomic mass is 9.96. The third-order valence-corrected chi connectivity index (χ3v) is 7.14. The summed E-state index contributed by atoms with van der Waals surface area (Å²) >= 11 is 1.72. The molecule has 1 saturated heterocycles. The van der Waals surface area contributed by atoms with Crippen LogP contribution in [0.2, 0.25) is 0 Å². The molecule has 0 bridgehead atoms. The highest BCUT2D eigenvalue weighted by atomic mass is 32.2. The summed E-state index contributed by atoms with van der Waals surface area (Å²) < 4.78 is 0. The van der Waals surface area contributed by atoms with Crippen LogP contribution in [0.1, 0.15) is 44.9 Å². The summed E-state index contributed by atoms with van der Waals surface area (Å²) in [5.41, 5.74) is 0. The van der Waals surface area contributed by atoms with E-state index in [-0.39, 0.29) is 11.8 Å². The Morgan fingerprint density at radius 2 is 1.93 bits per heavy atom. The number of nitrogens with zero attached hydrogens (tertiary/aromatic N) is 4. The molecule has 29 heavy (non-hydrogen) atoms. The lowest BCUT2D eigenvalue weighted by Crippen LogP contribution is -2.49. The molecule has 2 amide bonds. The van der Waals surface area contributed by atoms with Crippen LogP contribution in [-0.2, 0) is 9.59 Å². The first kappa shape index (κ1) is 20.2. The Balaban J connectivity index is 1.14. The summed E-state index contributed by atoms with van der Waals surface area (Å²) in [6, 6.07) is 6.27. The topological polar surface area (TPSA) is 77.9 Å². The maximum absolute atomic E-state index is 12.5. The number of hydrogen-bond acceptors (Lipinski definition) is 6. The first-order valence-corrected chi connectivity index (χ1v) is 11.5. The summed E-state index contributed by atoms with van der Waals surface area (Å²) in [5, 5.41) is 4.28. The molecular weight excluding hydrogens is 386 g/mol. The monoisotopic (exact) mass is 415 g/mol. The number of amides is 2. The molecule has 1 saturated carbocycles. The average Bonchev–Trinajstić information content (AvgIpc) is 3.16. The van der Waals surface area contributed by atoms with Gasteiger partial charge in [-0.15, -0.1) is 0 Å². The Labute approximate surface area is 176 Å². The van der Waals surface area contributed by atoms with Gasteiger partial charge < -0.3 is 15.1 Å². The molecule has 2 atom stereocenters. The molecule has 156 valence electrons. The number of nitrogens with one attached hydrogen (secondary N) is 1. The number of hydrogen-bond donors (Lipinski definition) is 1. The number of anilines is 1. The number of aliphatic imine (C=N–C) groups is 1. The van der Waals surface area contributed by atoms with Crippen LogP contribution < -0.4 is 10.2 Å². The van der Waals surface area contributed by atoms with E-state index in [1.165, 1.54) is 19.3 Å². The van der Waals surface area contributed by atoms with Gasteiger partial charge in [-0.25, -0.2) is 4.98 Å². The molecule has 2 aliphatic heterocycles. The zero-order valence-corrected chi connectivity index (χ0v) is 17.6. The second-order valence-corrected chi connectivity index (χ2v) is 9.13. The van der Waals surface area contributed by atoms with Gasteiger partial charge in [0.25, 0.3) is 0 Å². The summed E-state index contributed by atoms with van der Waals surface area (Å²) in [6.07, 6.45) is 8.00. The van der Waals surface area contributed by atoms with Crippen LogP contribution in [0.25, 0.3) is 0 Å². The van der Waals surface area contributed by atoms with Gasteiger partial charge >= 0.3 is 0 Å². The van der Waals surface area contributed by atoms with Crippen molar-refractivity contribution in [3.05, 3.63) is 24.4 Å². The summed E-state index contributed by atoms with van der Waals surface area (Å²) in [5.74, 6) is 1.07. The number of pyridine rings is 1. The highest BCUT2D eigenvalue weighted by Crippen LogP contribution is 2.36. The predicted molar refractivity (Wildman–Crippen MR) is 116 cm³/mol. The minimum absolute atomic E-state index is 0.0253. The summed E-state index contributed by atoms with van der Waals surface area (Å²) in [7, 11) is 0. The van der Waals surface area contributed by atoms with Crippen molar-refractivity contribution in [3.63, 3.8) is 0 Å². The van der Waals surface area contributed by atoms with Crippen molar-refractivity contribution in [1.82, 2.24) is 15.2 Å². The normalized spacial score (nSPS) is 24.1. The largest absolute Gasteiger partial charge is 0.353 e. The molecule has 0 spiro atoms. The third-order valence-electron chi connectivity index (χ3n) is 5.86. The number of thioether (sulfide) groups is 1. The number of aromatic nitrogens is 1. The fourth-order valence-corrected chi connectivity index (χ4v) is 5.51.